The Kier molecular flexibility index (Phi) is 14.0. The van der Waals surface area contributed by atoms with Crippen LogP contribution in [0, 0.1) is 0 Å². The molecule has 0 aromatic carbocycles. The van der Waals surface area contributed by atoms with Crippen LogP contribution in [0.2, 0.25) is 0 Å². The zero-order valence-corrected chi connectivity index (χ0v) is 4.86. The summed E-state index contributed by atoms with van der Waals surface area (Å²) in [4.78, 5) is 14.2. The minimum atomic E-state index is -2.87. The van der Waals surface area contributed by atoms with Crippen LogP contribution in [0.25, 0.3) is 0 Å². The van der Waals surface area contributed by atoms with Crippen LogP contribution in [-0.4, -0.2) is 15.9 Å². The molecule has 0 saturated heterocycles. The van der Waals surface area contributed by atoms with E-state index in [2.05, 4.69) is 11.6 Å². The van der Waals surface area contributed by atoms with Crippen molar-refractivity contribution in [2.45, 2.75) is 0 Å². The SMILES string of the molecule is FCCl.O=[P+](O)O. The van der Waals surface area contributed by atoms with Gasteiger partial charge in [0, 0.05) is 4.57 Å². The maximum absolute atomic E-state index is 10.1. The average molecular weight is 149 g/mol. The largest absolute Gasteiger partial charge is 0.692 e. The molecule has 6 heteroatoms. The molecule has 0 aliphatic carbocycles. The normalized spacial score (nSPS) is 6.29. The van der Waals surface area contributed by atoms with E-state index in [4.69, 9.17) is 14.4 Å². The smallest absolute Gasteiger partial charge is 0.234 e. The number of hydrogen-bond donors (Lipinski definition) is 2. The molecule has 0 amide bonds. The van der Waals surface area contributed by atoms with Gasteiger partial charge in [0.15, 0.2) is 6.13 Å². The summed E-state index contributed by atoms with van der Waals surface area (Å²) in [6.07, 6.45) is -0.778. The maximum Gasteiger partial charge on any atom is 0.692 e. The van der Waals surface area contributed by atoms with Crippen LogP contribution in [-0.2, 0) is 4.57 Å². The second-order valence-corrected chi connectivity index (χ2v) is 1.06. The third-order valence-corrected chi connectivity index (χ3v) is 0. The monoisotopic (exact) mass is 149 g/mol. The third kappa shape index (κ3) is 1950. The van der Waals surface area contributed by atoms with Crippen molar-refractivity contribution in [2.75, 3.05) is 6.13 Å². The first kappa shape index (κ1) is 10.3. The minimum absolute atomic E-state index is 0.778. The first-order chi connectivity index (χ1) is 3.15. The second-order valence-electron chi connectivity index (χ2n) is 0.354. The van der Waals surface area contributed by atoms with E-state index in [-0.39, 0.29) is 0 Å². The molecular formula is CH4ClFO3P+. The minimum Gasteiger partial charge on any atom is -0.234 e. The second kappa shape index (κ2) is 9.53. The van der Waals surface area contributed by atoms with Crippen LogP contribution < -0.4 is 0 Å². The molecule has 44 valence electrons. The van der Waals surface area contributed by atoms with E-state index in [1.165, 1.54) is 0 Å². The van der Waals surface area contributed by atoms with Crippen LogP contribution in [0.1, 0.15) is 0 Å². The Hall–Kier alpha value is 0.240. The molecule has 0 aliphatic heterocycles. The predicted octanol–water partition coefficient (Wildman–Crippen LogP) is 0.781. The molecule has 7 heavy (non-hydrogen) atoms. The van der Waals surface area contributed by atoms with Crippen LogP contribution in [0.15, 0.2) is 0 Å². The Labute approximate surface area is 45.7 Å². The molecule has 0 atom stereocenters. The third-order valence-electron chi connectivity index (χ3n) is 0. The molecule has 0 saturated carbocycles. The number of hydrogen-bond acceptors (Lipinski definition) is 1. The van der Waals surface area contributed by atoms with Gasteiger partial charge in [-0.2, -0.15) is 0 Å². The summed E-state index contributed by atoms with van der Waals surface area (Å²) in [5, 5.41) is 0. The highest BCUT2D eigenvalue weighted by molar-refractivity contribution is 7.30. The Balaban J connectivity index is 0. The Morgan fingerprint density at radius 2 is 1.71 bits per heavy atom. The maximum atomic E-state index is 10.1. The van der Waals surface area contributed by atoms with Gasteiger partial charge in [-0.15, -0.1) is 9.79 Å². The molecule has 3 nitrogen and oxygen atoms in total. The molecule has 0 unspecified atom stereocenters. The van der Waals surface area contributed by atoms with Crippen LogP contribution in [0.4, 0.5) is 4.39 Å². The molecule has 0 fully saturated rings. The highest BCUT2D eigenvalue weighted by atomic mass is 35.5. The lowest BCUT2D eigenvalue weighted by molar-refractivity contribution is 0.405. The van der Waals surface area contributed by atoms with E-state index in [0.717, 1.165) is 0 Å². The molecule has 0 aromatic heterocycles. The van der Waals surface area contributed by atoms with Gasteiger partial charge < -0.3 is 0 Å². The van der Waals surface area contributed by atoms with Crippen LogP contribution in [0.3, 0.4) is 0 Å². The summed E-state index contributed by atoms with van der Waals surface area (Å²) >= 11 is 4.33. The number of halogens is 2. The van der Waals surface area contributed by atoms with Crippen molar-refractivity contribution in [3.05, 3.63) is 0 Å². The molecule has 2 N–H and O–H groups in total. The first-order valence-corrected chi connectivity index (χ1v) is 2.82. The molecule has 0 radical (unpaired) electrons. The van der Waals surface area contributed by atoms with E-state index in [1.807, 2.05) is 0 Å². The van der Waals surface area contributed by atoms with Crippen molar-refractivity contribution < 1.29 is 18.7 Å². The van der Waals surface area contributed by atoms with E-state index in [9.17, 15) is 4.39 Å². The van der Waals surface area contributed by atoms with Gasteiger partial charge >= 0.3 is 8.25 Å². The van der Waals surface area contributed by atoms with Gasteiger partial charge in [0.1, 0.15) is 0 Å². The van der Waals surface area contributed by atoms with Crippen molar-refractivity contribution in [3.63, 3.8) is 0 Å². The van der Waals surface area contributed by atoms with E-state index < -0.39 is 14.4 Å². The van der Waals surface area contributed by atoms with Gasteiger partial charge in [0.05, 0.1) is 0 Å². The summed E-state index contributed by atoms with van der Waals surface area (Å²) in [5.41, 5.74) is 0. The molecule has 0 bridgehead atoms. The molecule has 0 aromatic rings. The van der Waals surface area contributed by atoms with E-state index in [0.29, 0.717) is 0 Å². The summed E-state index contributed by atoms with van der Waals surface area (Å²) in [5.74, 6) is 0. The van der Waals surface area contributed by atoms with Gasteiger partial charge in [-0.3, -0.25) is 0 Å². The Morgan fingerprint density at radius 3 is 1.71 bits per heavy atom. The number of alkyl halides is 2. The van der Waals surface area contributed by atoms with Gasteiger partial charge in [-0.05, 0) is 0 Å². The van der Waals surface area contributed by atoms with Gasteiger partial charge in [0.25, 0.3) is 0 Å². The lowest BCUT2D eigenvalue weighted by atomic mass is 11.8. The molecule has 0 rings (SSSR count). The fourth-order valence-corrected chi connectivity index (χ4v) is 0. The van der Waals surface area contributed by atoms with Crippen molar-refractivity contribution in [3.8, 4) is 0 Å². The lowest BCUT2D eigenvalue weighted by Crippen LogP contribution is -1.38. The zero-order valence-electron chi connectivity index (χ0n) is 3.21. The average Bonchev–Trinajstić information content (AvgIpc) is 1.33. The van der Waals surface area contributed by atoms with E-state index in [1.54, 1.807) is 0 Å². The van der Waals surface area contributed by atoms with Gasteiger partial charge in [-0.1, -0.05) is 11.6 Å². The fraction of sp³-hybridized carbons (Fsp3) is 1.00. The molecular weight excluding hydrogens is 145 g/mol. The van der Waals surface area contributed by atoms with Crippen molar-refractivity contribution in [1.29, 1.82) is 0 Å². The molecule has 0 heterocycles. The summed E-state index contributed by atoms with van der Waals surface area (Å²) in [6, 6.07) is 0. The van der Waals surface area contributed by atoms with Gasteiger partial charge in [-0.25, -0.2) is 4.39 Å². The summed E-state index contributed by atoms with van der Waals surface area (Å²) in [7, 11) is -2.87. The highest BCUT2D eigenvalue weighted by Crippen LogP contribution is 1.98. The molecule has 0 spiro atoms. The van der Waals surface area contributed by atoms with E-state index >= 15 is 0 Å². The fourth-order valence-electron chi connectivity index (χ4n) is 0. The predicted molar refractivity (Wildman–Crippen MR) is 23.9 cm³/mol. The van der Waals surface area contributed by atoms with Crippen molar-refractivity contribution in [1.82, 2.24) is 0 Å². The van der Waals surface area contributed by atoms with Crippen LogP contribution >= 0.6 is 19.9 Å². The quantitative estimate of drug-likeness (QED) is 0.395. The van der Waals surface area contributed by atoms with Crippen LogP contribution in [0.5, 0.6) is 0 Å². The highest BCUT2D eigenvalue weighted by Gasteiger charge is 1.93. The molecule has 0 aliphatic rings. The first-order valence-electron chi connectivity index (χ1n) is 1.12. The van der Waals surface area contributed by atoms with Gasteiger partial charge in [0.2, 0.25) is 0 Å². The summed E-state index contributed by atoms with van der Waals surface area (Å²) < 4.78 is 18.8. The van der Waals surface area contributed by atoms with Crippen molar-refractivity contribution >= 4 is 19.9 Å². The lowest BCUT2D eigenvalue weighted by Gasteiger charge is -1.42. The number of rotatable bonds is 0. The topological polar surface area (TPSA) is 57.5 Å². The summed E-state index contributed by atoms with van der Waals surface area (Å²) in [6.45, 7) is 0. The standard InChI is InChI=1S/CH2ClF.HO3P/c2-1-3;1-4(2)3/h1H2;(H-,1,2,3)/p+1. The Morgan fingerprint density at radius 1 is 1.71 bits per heavy atom. The zero-order chi connectivity index (χ0) is 6.28. The Bertz CT molecular complexity index is 46.2. The van der Waals surface area contributed by atoms with Crippen molar-refractivity contribution in [2.24, 2.45) is 0 Å².